The maximum Gasteiger partial charge on any atom is 0.372 e. The van der Waals surface area contributed by atoms with Crippen molar-refractivity contribution in [1.82, 2.24) is 0 Å². The molecule has 0 saturated heterocycles. The predicted octanol–water partition coefficient (Wildman–Crippen LogP) is 2.21. The van der Waals surface area contributed by atoms with Crippen molar-refractivity contribution in [3.63, 3.8) is 0 Å². The Morgan fingerprint density at radius 3 is 2.38 bits per heavy atom. The van der Waals surface area contributed by atoms with Gasteiger partial charge in [-0.2, -0.15) is 0 Å². The highest BCUT2D eigenvalue weighted by molar-refractivity contribution is 6.13. The molecule has 1 aromatic carbocycles. The van der Waals surface area contributed by atoms with Crippen molar-refractivity contribution in [1.29, 1.82) is 0 Å². The highest BCUT2D eigenvalue weighted by Gasteiger charge is 2.20. The molecule has 2 rings (SSSR count). The van der Waals surface area contributed by atoms with Gasteiger partial charge in [-0.25, -0.2) is 4.79 Å². The van der Waals surface area contributed by atoms with Crippen molar-refractivity contribution in [2.24, 2.45) is 0 Å². The first-order valence-corrected chi connectivity index (χ1v) is 4.60. The van der Waals surface area contributed by atoms with Crippen LogP contribution in [0.5, 0.6) is 0 Å². The zero-order chi connectivity index (χ0) is 11.5. The number of aromatic carboxylic acids is 1. The molecule has 0 aliphatic carbocycles. The standard InChI is InChI=1S/C12H8O4/c13-10(8-4-2-1-3-5-8)9-6-7-16-11(9)12(14)15/h1-7H,(H,14,15). The number of ketones is 1. The first kappa shape index (κ1) is 10.2. The van der Waals surface area contributed by atoms with E-state index in [1.807, 2.05) is 0 Å². The SMILES string of the molecule is O=C(c1ccccc1)c1ccoc1C(=O)O. The summed E-state index contributed by atoms with van der Waals surface area (Å²) in [4.78, 5) is 22.7. The van der Waals surface area contributed by atoms with Crippen LogP contribution in [0.4, 0.5) is 0 Å². The van der Waals surface area contributed by atoms with E-state index in [1.54, 1.807) is 30.3 Å². The zero-order valence-electron chi connectivity index (χ0n) is 8.21. The van der Waals surface area contributed by atoms with E-state index >= 15 is 0 Å². The molecule has 80 valence electrons. The number of hydrogen-bond donors (Lipinski definition) is 1. The topological polar surface area (TPSA) is 67.5 Å². The minimum atomic E-state index is -1.25. The van der Waals surface area contributed by atoms with Crippen molar-refractivity contribution in [2.75, 3.05) is 0 Å². The van der Waals surface area contributed by atoms with E-state index < -0.39 is 5.97 Å². The lowest BCUT2D eigenvalue weighted by Crippen LogP contribution is -2.06. The van der Waals surface area contributed by atoms with Crippen molar-refractivity contribution < 1.29 is 19.1 Å². The van der Waals surface area contributed by atoms with E-state index in [-0.39, 0.29) is 17.1 Å². The van der Waals surface area contributed by atoms with Crippen molar-refractivity contribution in [2.45, 2.75) is 0 Å². The second-order valence-electron chi connectivity index (χ2n) is 3.16. The summed E-state index contributed by atoms with van der Waals surface area (Å²) < 4.78 is 4.75. The Kier molecular flexibility index (Phi) is 2.55. The van der Waals surface area contributed by atoms with Gasteiger partial charge >= 0.3 is 5.97 Å². The van der Waals surface area contributed by atoms with Crippen LogP contribution in [0, 0.1) is 0 Å². The van der Waals surface area contributed by atoms with Crippen LogP contribution >= 0.6 is 0 Å². The molecule has 0 bridgehead atoms. The van der Waals surface area contributed by atoms with E-state index in [9.17, 15) is 9.59 Å². The van der Waals surface area contributed by atoms with Gasteiger partial charge in [0.05, 0.1) is 11.8 Å². The van der Waals surface area contributed by atoms with Gasteiger partial charge in [-0.15, -0.1) is 0 Å². The quantitative estimate of drug-likeness (QED) is 0.798. The van der Waals surface area contributed by atoms with Crippen LogP contribution in [-0.4, -0.2) is 16.9 Å². The average molecular weight is 216 g/mol. The van der Waals surface area contributed by atoms with Crippen LogP contribution in [0.25, 0.3) is 0 Å². The van der Waals surface area contributed by atoms with Gasteiger partial charge in [0.15, 0.2) is 5.78 Å². The normalized spacial score (nSPS) is 10.0. The molecular weight excluding hydrogens is 208 g/mol. The van der Waals surface area contributed by atoms with Gasteiger partial charge in [0.25, 0.3) is 0 Å². The second kappa shape index (κ2) is 4.02. The van der Waals surface area contributed by atoms with Crippen LogP contribution in [0.1, 0.15) is 26.5 Å². The molecule has 4 nitrogen and oxygen atoms in total. The van der Waals surface area contributed by atoms with E-state index in [0.29, 0.717) is 5.56 Å². The van der Waals surface area contributed by atoms with E-state index in [1.165, 1.54) is 12.3 Å². The Balaban J connectivity index is 2.42. The summed E-state index contributed by atoms with van der Waals surface area (Å²) in [6.07, 6.45) is 1.19. The highest BCUT2D eigenvalue weighted by atomic mass is 16.4. The maximum atomic E-state index is 11.9. The number of carboxylic acid groups (broad SMARTS) is 1. The Bertz CT molecular complexity index is 525. The Morgan fingerprint density at radius 1 is 1.06 bits per heavy atom. The number of benzene rings is 1. The molecule has 0 atom stereocenters. The largest absolute Gasteiger partial charge is 0.475 e. The Morgan fingerprint density at radius 2 is 1.75 bits per heavy atom. The van der Waals surface area contributed by atoms with Gasteiger partial charge in [-0.1, -0.05) is 30.3 Å². The minimum absolute atomic E-state index is 0.0682. The lowest BCUT2D eigenvalue weighted by molar-refractivity contribution is 0.0658. The molecule has 0 radical (unpaired) electrons. The smallest absolute Gasteiger partial charge is 0.372 e. The molecule has 0 saturated carbocycles. The monoisotopic (exact) mass is 216 g/mol. The number of hydrogen-bond acceptors (Lipinski definition) is 3. The van der Waals surface area contributed by atoms with Crippen molar-refractivity contribution in [3.8, 4) is 0 Å². The third-order valence-corrected chi connectivity index (χ3v) is 2.14. The van der Waals surface area contributed by atoms with Crippen LogP contribution in [0.3, 0.4) is 0 Å². The van der Waals surface area contributed by atoms with Gasteiger partial charge < -0.3 is 9.52 Å². The molecule has 1 aromatic heterocycles. The summed E-state index contributed by atoms with van der Waals surface area (Å²) in [6, 6.07) is 9.83. The summed E-state index contributed by atoms with van der Waals surface area (Å²) in [5, 5.41) is 8.80. The number of carbonyl (C=O) groups excluding carboxylic acids is 1. The zero-order valence-corrected chi connectivity index (χ0v) is 8.21. The summed E-state index contributed by atoms with van der Waals surface area (Å²) in [5.74, 6) is -1.93. The van der Waals surface area contributed by atoms with Crippen molar-refractivity contribution >= 4 is 11.8 Å². The fraction of sp³-hybridized carbons (Fsp3) is 0. The Hall–Kier alpha value is -2.36. The van der Waals surface area contributed by atoms with Gasteiger partial charge in [-0.05, 0) is 6.07 Å². The summed E-state index contributed by atoms with van der Waals surface area (Å²) in [5.41, 5.74) is 0.505. The second-order valence-corrected chi connectivity index (χ2v) is 3.16. The molecule has 0 aliphatic rings. The van der Waals surface area contributed by atoms with Gasteiger partial charge in [-0.3, -0.25) is 4.79 Å². The minimum Gasteiger partial charge on any atom is -0.475 e. The molecule has 4 heteroatoms. The molecule has 0 spiro atoms. The number of carboxylic acids is 1. The average Bonchev–Trinajstić information content (AvgIpc) is 2.78. The first-order chi connectivity index (χ1) is 7.70. The highest BCUT2D eigenvalue weighted by Crippen LogP contribution is 2.15. The van der Waals surface area contributed by atoms with Crippen LogP contribution in [0.15, 0.2) is 47.1 Å². The van der Waals surface area contributed by atoms with Gasteiger partial charge in [0, 0.05) is 5.56 Å². The number of rotatable bonds is 3. The maximum absolute atomic E-state index is 11.9. The molecule has 2 aromatic rings. The first-order valence-electron chi connectivity index (χ1n) is 4.60. The predicted molar refractivity (Wildman–Crippen MR) is 55.5 cm³/mol. The third-order valence-electron chi connectivity index (χ3n) is 2.14. The van der Waals surface area contributed by atoms with Gasteiger partial charge in [0.2, 0.25) is 5.76 Å². The summed E-state index contributed by atoms with van der Waals surface area (Å²) >= 11 is 0. The van der Waals surface area contributed by atoms with Crippen LogP contribution in [0.2, 0.25) is 0 Å². The lowest BCUT2D eigenvalue weighted by atomic mass is 10.0. The molecule has 0 fully saturated rings. The molecule has 16 heavy (non-hydrogen) atoms. The Labute approximate surface area is 91.1 Å². The molecule has 0 amide bonds. The van der Waals surface area contributed by atoms with Crippen LogP contribution < -0.4 is 0 Å². The third kappa shape index (κ3) is 1.72. The van der Waals surface area contributed by atoms with Gasteiger partial charge in [0.1, 0.15) is 0 Å². The molecular formula is C12H8O4. The number of furan rings is 1. The molecule has 0 unspecified atom stereocenters. The van der Waals surface area contributed by atoms with Crippen molar-refractivity contribution in [3.05, 3.63) is 59.5 Å². The van der Waals surface area contributed by atoms with E-state index in [2.05, 4.69) is 0 Å². The molecule has 0 aliphatic heterocycles. The number of carbonyl (C=O) groups is 2. The lowest BCUT2D eigenvalue weighted by Gasteiger charge is -1.98. The summed E-state index contributed by atoms with van der Waals surface area (Å²) in [6.45, 7) is 0. The summed E-state index contributed by atoms with van der Waals surface area (Å²) in [7, 11) is 0. The van der Waals surface area contributed by atoms with E-state index in [4.69, 9.17) is 9.52 Å². The van der Waals surface area contributed by atoms with Crippen LogP contribution in [-0.2, 0) is 0 Å². The molecule has 1 N–H and O–H groups in total. The van der Waals surface area contributed by atoms with E-state index in [0.717, 1.165) is 0 Å². The molecule has 1 heterocycles. The fourth-order valence-corrected chi connectivity index (χ4v) is 1.40. The fourth-order valence-electron chi connectivity index (χ4n) is 1.40.